The highest BCUT2D eigenvalue weighted by Gasteiger charge is 2.50. The van der Waals surface area contributed by atoms with Gasteiger partial charge in [-0.1, -0.05) is 88.4 Å². The zero-order chi connectivity index (χ0) is 23.8. The largest absolute Gasteiger partial charge is 0.306 e. The Balaban J connectivity index is 1.81. The molecule has 2 nitrogen and oxygen atoms in total. The molecule has 3 aliphatic heterocycles. The van der Waals surface area contributed by atoms with Crippen LogP contribution in [0, 0.1) is 0 Å². The van der Waals surface area contributed by atoms with Crippen molar-refractivity contribution in [2.45, 2.75) is 52.4 Å². The molecule has 3 aromatic rings. The summed E-state index contributed by atoms with van der Waals surface area (Å²) in [6.07, 6.45) is 6.66. The minimum atomic E-state index is -0.125. The Bertz CT molecular complexity index is 1420. The van der Waals surface area contributed by atoms with Crippen LogP contribution in [0.15, 0.2) is 102 Å². The van der Waals surface area contributed by atoms with E-state index in [4.69, 9.17) is 0 Å². The van der Waals surface area contributed by atoms with Crippen molar-refractivity contribution in [3.05, 3.63) is 113 Å². The van der Waals surface area contributed by atoms with E-state index in [9.17, 15) is 0 Å². The number of nitrogens with zero attached hydrogens (tertiary/aromatic N) is 2. The van der Waals surface area contributed by atoms with Gasteiger partial charge in [0.2, 0.25) is 0 Å². The standard InChI is InChI=1S/C32H32N2/c1-7-8-16-23-28-21(2)31(3,4)24-17-12-19-26-29(24)34(28)30-25(32(23,5)6)18-13-20-27(30)33(26)22-14-10-9-11-15-22/h7-20H,1-6H3/b8-7-,23-16+. The summed E-state index contributed by atoms with van der Waals surface area (Å²) in [5.74, 6) is 0. The first-order valence-electron chi connectivity index (χ1n) is 12.3. The summed E-state index contributed by atoms with van der Waals surface area (Å²) < 4.78 is 0. The smallest absolute Gasteiger partial charge is 0.0744 e. The van der Waals surface area contributed by atoms with Gasteiger partial charge in [0, 0.05) is 16.5 Å². The molecule has 6 rings (SSSR count). The second kappa shape index (κ2) is 6.99. The molecule has 34 heavy (non-hydrogen) atoms. The third kappa shape index (κ3) is 2.51. The van der Waals surface area contributed by atoms with Gasteiger partial charge in [0.1, 0.15) is 0 Å². The molecule has 0 unspecified atom stereocenters. The lowest BCUT2D eigenvalue weighted by atomic mass is 9.64. The van der Waals surface area contributed by atoms with Crippen LogP contribution in [0.25, 0.3) is 0 Å². The van der Waals surface area contributed by atoms with E-state index in [1.54, 1.807) is 0 Å². The fourth-order valence-corrected chi connectivity index (χ4v) is 6.13. The Labute approximate surface area is 203 Å². The van der Waals surface area contributed by atoms with Crippen molar-refractivity contribution in [2.75, 3.05) is 9.80 Å². The molecule has 0 saturated heterocycles. The van der Waals surface area contributed by atoms with Crippen molar-refractivity contribution in [3.63, 3.8) is 0 Å². The van der Waals surface area contributed by atoms with Gasteiger partial charge < -0.3 is 9.80 Å². The zero-order valence-corrected chi connectivity index (χ0v) is 21.0. The number of para-hydroxylation sites is 3. The molecule has 2 heteroatoms. The zero-order valence-electron chi connectivity index (χ0n) is 21.0. The van der Waals surface area contributed by atoms with Crippen molar-refractivity contribution < 1.29 is 0 Å². The highest BCUT2D eigenvalue weighted by atomic mass is 15.3. The summed E-state index contributed by atoms with van der Waals surface area (Å²) in [6.45, 7) is 14.0. The number of allylic oxidation sites excluding steroid dienone is 5. The van der Waals surface area contributed by atoms with Crippen LogP contribution in [0.2, 0.25) is 0 Å². The molecule has 0 N–H and O–H groups in total. The van der Waals surface area contributed by atoms with Crippen molar-refractivity contribution in [2.24, 2.45) is 0 Å². The lowest BCUT2D eigenvalue weighted by Crippen LogP contribution is -2.44. The first-order chi connectivity index (χ1) is 16.3. The van der Waals surface area contributed by atoms with E-state index >= 15 is 0 Å². The van der Waals surface area contributed by atoms with E-state index in [1.807, 2.05) is 0 Å². The Morgan fingerprint density at radius 2 is 1.26 bits per heavy atom. The predicted octanol–water partition coefficient (Wildman–Crippen LogP) is 8.97. The summed E-state index contributed by atoms with van der Waals surface area (Å²) in [5.41, 5.74) is 13.1. The van der Waals surface area contributed by atoms with Crippen LogP contribution in [-0.4, -0.2) is 0 Å². The van der Waals surface area contributed by atoms with Gasteiger partial charge in [0.05, 0.1) is 28.4 Å². The lowest BCUT2D eigenvalue weighted by Gasteiger charge is -2.55. The summed E-state index contributed by atoms with van der Waals surface area (Å²) in [7, 11) is 0. The Kier molecular flexibility index (Phi) is 4.33. The van der Waals surface area contributed by atoms with E-state index < -0.39 is 0 Å². The highest BCUT2D eigenvalue weighted by Crippen LogP contribution is 2.65. The van der Waals surface area contributed by atoms with E-state index in [0.29, 0.717) is 0 Å². The Morgan fingerprint density at radius 1 is 0.676 bits per heavy atom. The maximum absolute atomic E-state index is 2.58. The molecule has 0 fully saturated rings. The minimum absolute atomic E-state index is 0.0750. The van der Waals surface area contributed by atoms with E-state index in [2.05, 4.69) is 136 Å². The Hall–Kier alpha value is -3.52. The molecule has 0 aromatic heterocycles. The second-order valence-corrected chi connectivity index (χ2v) is 10.7. The van der Waals surface area contributed by atoms with Gasteiger partial charge in [-0.05, 0) is 60.4 Å². The third-order valence-corrected chi connectivity index (χ3v) is 8.22. The molecule has 3 aromatic carbocycles. The normalized spacial score (nSPS) is 20.2. The lowest BCUT2D eigenvalue weighted by molar-refractivity contribution is 0.564. The maximum atomic E-state index is 2.58. The molecule has 3 heterocycles. The molecular formula is C32H32N2. The predicted molar refractivity (Wildman–Crippen MR) is 145 cm³/mol. The molecular weight excluding hydrogens is 412 g/mol. The molecule has 170 valence electrons. The quantitative estimate of drug-likeness (QED) is 0.389. The van der Waals surface area contributed by atoms with Gasteiger partial charge in [0.15, 0.2) is 0 Å². The Morgan fingerprint density at radius 3 is 1.85 bits per heavy atom. The summed E-state index contributed by atoms with van der Waals surface area (Å²) in [4.78, 5) is 5.04. The summed E-state index contributed by atoms with van der Waals surface area (Å²) >= 11 is 0. The molecule has 0 amide bonds. The fourth-order valence-electron chi connectivity index (χ4n) is 6.13. The molecule has 0 atom stereocenters. The first kappa shape index (κ1) is 21.0. The molecule has 0 bridgehead atoms. The molecule has 0 radical (unpaired) electrons. The molecule has 0 spiro atoms. The number of hydrogen-bond acceptors (Lipinski definition) is 2. The number of rotatable bonds is 2. The van der Waals surface area contributed by atoms with Crippen molar-refractivity contribution in [1.29, 1.82) is 0 Å². The van der Waals surface area contributed by atoms with Crippen LogP contribution in [0.1, 0.15) is 52.7 Å². The van der Waals surface area contributed by atoms with Crippen LogP contribution < -0.4 is 9.80 Å². The van der Waals surface area contributed by atoms with Crippen LogP contribution in [0.4, 0.5) is 28.4 Å². The summed E-state index contributed by atoms with van der Waals surface area (Å²) in [6, 6.07) is 24.5. The van der Waals surface area contributed by atoms with Gasteiger partial charge >= 0.3 is 0 Å². The summed E-state index contributed by atoms with van der Waals surface area (Å²) in [5, 5.41) is 0. The average Bonchev–Trinajstić information content (AvgIpc) is 2.83. The van der Waals surface area contributed by atoms with Gasteiger partial charge in [-0.2, -0.15) is 0 Å². The van der Waals surface area contributed by atoms with Crippen molar-refractivity contribution in [3.8, 4) is 0 Å². The second-order valence-electron chi connectivity index (χ2n) is 10.7. The maximum Gasteiger partial charge on any atom is 0.0744 e. The number of anilines is 5. The van der Waals surface area contributed by atoms with Gasteiger partial charge in [-0.15, -0.1) is 0 Å². The number of benzene rings is 3. The third-order valence-electron chi connectivity index (χ3n) is 8.22. The monoisotopic (exact) mass is 444 g/mol. The topological polar surface area (TPSA) is 6.48 Å². The van der Waals surface area contributed by atoms with Gasteiger partial charge in [-0.3, -0.25) is 0 Å². The highest BCUT2D eigenvalue weighted by molar-refractivity contribution is 6.05. The van der Waals surface area contributed by atoms with Crippen molar-refractivity contribution in [1.82, 2.24) is 0 Å². The minimum Gasteiger partial charge on any atom is -0.306 e. The van der Waals surface area contributed by atoms with Gasteiger partial charge in [0.25, 0.3) is 0 Å². The van der Waals surface area contributed by atoms with Crippen LogP contribution >= 0.6 is 0 Å². The fraction of sp³-hybridized carbons (Fsp3) is 0.250. The van der Waals surface area contributed by atoms with E-state index in [0.717, 1.165) is 0 Å². The first-order valence-corrected chi connectivity index (χ1v) is 12.3. The van der Waals surface area contributed by atoms with Crippen molar-refractivity contribution >= 4 is 28.4 Å². The van der Waals surface area contributed by atoms with Crippen LogP contribution in [0.3, 0.4) is 0 Å². The molecule has 0 saturated carbocycles. The average molecular weight is 445 g/mol. The van der Waals surface area contributed by atoms with E-state index in [1.165, 1.54) is 56.4 Å². The van der Waals surface area contributed by atoms with Gasteiger partial charge in [-0.25, -0.2) is 0 Å². The van der Waals surface area contributed by atoms with Crippen LogP contribution in [-0.2, 0) is 10.8 Å². The SMILES string of the molecule is C/C=C\C=C1/C2=C(C)C(C)(C)c3cccc4c3N2c2c(cccc2C1(C)C)N4c1ccccc1. The number of hydrogen-bond donors (Lipinski definition) is 0. The molecule has 3 aliphatic rings. The van der Waals surface area contributed by atoms with Crippen LogP contribution in [0.5, 0.6) is 0 Å². The molecule has 0 aliphatic carbocycles. The van der Waals surface area contributed by atoms with E-state index in [-0.39, 0.29) is 10.8 Å².